The van der Waals surface area contributed by atoms with Gasteiger partial charge in [0.25, 0.3) is 5.91 Å². The lowest BCUT2D eigenvalue weighted by atomic mass is 9.97. The number of alkyl halides is 3. The number of pyridine rings is 1. The Balaban J connectivity index is 1.57. The van der Waals surface area contributed by atoms with Gasteiger partial charge in [-0.1, -0.05) is 12.8 Å². The molecule has 1 saturated heterocycles. The van der Waals surface area contributed by atoms with E-state index in [9.17, 15) is 37.6 Å². The molecule has 1 aromatic heterocycles. The predicted molar refractivity (Wildman–Crippen MR) is 132 cm³/mol. The second kappa shape index (κ2) is 11.3. The molecule has 4 N–H and O–H groups in total. The minimum atomic E-state index is -5.21. The standard InChI is InChI=1S/C25H30F3N7O5/c1-34(20(36)16(4-2-8-29)32-23(39)25(26,27)28)17(10-14-6-7-14)21(37)35-13-24(11-15(35)12-30)22(38)33-19-18(40-24)5-3-9-31-19/h3,5,9,14-17H,2,4,6-8,10-11,13,29H2,1H3,(H,32,39)(H,31,33,38). The maximum atomic E-state index is 13.9. The number of halogens is 3. The monoisotopic (exact) mass is 565 g/mol. The fraction of sp³-hybridized carbons (Fsp3) is 0.600. The van der Waals surface area contributed by atoms with Crippen molar-refractivity contribution in [3.8, 4) is 11.8 Å². The van der Waals surface area contributed by atoms with E-state index in [1.807, 2.05) is 6.07 Å². The highest BCUT2D eigenvalue weighted by Gasteiger charge is 2.56. The van der Waals surface area contributed by atoms with Gasteiger partial charge in [0, 0.05) is 19.7 Å². The number of rotatable bonds is 9. The minimum Gasteiger partial charge on any atom is -0.472 e. The number of likely N-dealkylation sites (N-methyl/N-ethyl adjacent to an activating group) is 1. The molecular weight excluding hydrogens is 535 g/mol. The molecule has 40 heavy (non-hydrogen) atoms. The smallest absolute Gasteiger partial charge is 0.471 e. The van der Waals surface area contributed by atoms with Gasteiger partial charge in [-0.15, -0.1) is 0 Å². The summed E-state index contributed by atoms with van der Waals surface area (Å²) in [7, 11) is 1.28. The third-order valence-electron chi connectivity index (χ3n) is 7.39. The van der Waals surface area contributed by atoms with E-state index in [1.54, 1.807) is 17.4 Å². The fourth-order valence-corrected chi connectivity index (χ4v) is 5.01. The van der Waals surface area contributed by atoms with Crippen LogP contribution in [0.5, 0.6) is 5.75 Å². The number of carbonyl (C=O) groups is 4. The van der Waals surface area contributed by atoms with Gasteiger partial charge in [0.2, 0.25) is 17.4 Å². The van der Waals surface area contributed by atoms with Crippen molar-refractivity contribution in [1.29, 1.82) is 5.26 Å². The lowest BCUT2D eigenvalue weighted by Gasteiger charge is -2.35. The Bertz CT molecular complexity index is 1220. The Morgan fingerprint density at radius 1 is 1.40 bits per heavy atom. The molecule has 2 aliphatic heterocycles. The third-order valence-corrected chi connectivity index (χ3v) is 7.39. The summed E-state index contributed by atoms with van der Waals surface area (Å²) >= 11 is 0. The fourth-order valence-electron chi connectivity index (χ4n) is 5.01. The number of ether oxygens (including phenoxy) is 1. The summed E-state index contributed by atoms with van der Waals surface area (Å²) in [5.74, 6) is -3.80. The number of hydrogen-bond donors (Lipinski definition) is 3. The maximum Gasteiger partial charge on any atom is 0.471 e. The lowest BCUT2D eigenvalue weighted by Crippen LogP contribution is -2.58. The molecule has 12 nitrogen and oxygen atoms in total. The molecule has 0 radical (unpaired) electrons. The van der Waals surface area contributed by atoms with Crippen molar-refractivity contribution in [1.82, 2.24) is 20.1 Å². The summed E-state index contributed by atoms with van der Waals surface area (Å²) in [4.78, 5) is 58.2. The second-order valence-corrected chi connectivity index (χ2v) is 10.3. The van der Waals surface area contributed by atoms with Crippen LogP contribution >= 0.6 is 0 Å². The molecule has 3 heterocycles. The van der Waals surface area contributed by atoms with Crippen LogP contribution in [0.25, 0.3) is 0 Å². The number of nitrogens with one attached hydrogen (secondary N) is 2. The highest BCUT2D eigenvalue weighted by molar-refractivity contribution is 6.01. The highest BCUT2D eigenvalue weighted by Crippen LogP contribution is 2.40. The molecular formula is C25H30F3N7O5. The molecule has 1 aliphatic carbocycles. The zero-order chi connectivity index (χ0) is 29.2. The van der Waals surface area contributed by atoms with Gasteiger partial charge in [-0.2, -0.15) is 18.4 Å². The number of amides is 4. The molecule has 0 aromatic carbocycles. The zero-order valence-corrected chi connectivity index (χ0v) is 21.7. The Labute approximate surface area is 228 Å². The van der Waals surface area contributed by atoms with E-state index in [0.717, 1.165) is 17.7 Å². The second-order valence-electron chi connectivity index (χ2n) is 10.3. The summed E-state index contributed by atoms with van der Waals surface area (Å²) in [6, 6.07) is 1.45. The molecule has 4 rings (SSSR count). The molecule has 15 heteroatoms. The van der Waals surface area contributed by atoms with Crippen LogP contribution in [0.15, 0.2) is 18.3 Å². The summed E-state index contributed by atoms with van der Waals surface area (Å²) < 4.78 is 44.8. The van der Waals surface area contributed by atoms with Gasteiger partial charge >= 0.3 is 12.1 Å². The van der Waals surface area contributed by atoms with Crippen LogP contribution in [-0.2, 0) is 19.2 Å². The molecule has 1 aromatic rings. The quantitative estimate of drug-likeness (QED) is 0.393. The average Bonchev–Trinajstić information content (AvgIpc) is 3.67. The van der Waals surface area contributed by atoms with E-state index < -0.39 is 53.5 Å². The topological polar surface area (TPSA) is 171 Å². The summed E-state index contributed by atoms with van der Waals surface area (Å²) in [5, 5.41) is 14.2. The molecule has 1 spiro atoms. The number of hydrogen-bond acceptors (Lipinski definition) is 8. The van der Waals surface area contributed by atoms with E-state index in [0.29, 0.717) is 0 Å². The van der Waals surface area contributed by atoms with Gasteiger partial charge in [0.1, 0.15) is 18.1 Å². The number of anilines is 1. The average molecular weight is 566 g/mol. The van der Waals surface area contributed by atoms with Gasteiger partial charge in [-0.05, 0) is 43.9 Å². The van der Waals surface area contributed by atoms with Crippen LogP contribution in [-0.4, -0.2) is 88.5 Å². The Morgan fingerprint density at radius 3 is 2.75 bits per heavy atom. The summed E-state index contributed by atoms with van der Waals surface area (Å²) in [6.45, 7) is -0.213. The van der Waals surface area contributed by atoms with Crippen molar-refractivity contribution in [3.05, 3.63) is 18.3 Å². The number of fused-ring (bicyclic) bond motifs is 1. The van der Waals surface area contributed by atoms with Gasteiger partial charge in [-0.3, -0.25) is 19.2 Å². The number of aromatic nitrogens is 1. The Kier molecular flexibility index (Phi) is 8.20. The zero-order valence-electron chi connectivity index (χ0n) is 21.7. The van der Waals surface area contributed by atoms with Crippen LogP contribution in [0.2, 0.25) is 0 Å². The SMILES string of the molecule is CN(C(=O)C(CCCN)NC(=O)C(F)(F)F)C(CC1CC1)C(=O)N1CC2(CC1C#N)Oc1cccnc1NC2=O. The van der Waals surface area contributed by atoms with Crippen molar-refractivity contribution < 1.29 is 37.1 Å². The highest BCUT2D eigenvalue weighted by atomic mass is 19.4. The normalized spacial score (nSPS) is 23.4. The molecule has 1 saturated carbocycles. The van der Waals surface area contributed by atoms with Crippen molar-refractivity contribution in [2.45, 2.75) is 68.4 Å². The molecule has 4 atom stereocenters. The first-order valence-corrected chi connectivity index (χ1v) is 12.9. The van der Waals surface area contributed by atoms with Crippen molar-refractivity contribution >= 4 is 29.4 Å². The molecule has 216 valence electrons. The van der Waals surface area contributed by atoms with Gasteiger partial charge < -0.3 is 30.9 Å². The number of nitrogens with two attached hydrogens (primary N) is 1. The molecule has 2 fully saturated rings. The first-order valence-electron chi connectivity index (χ1n) is 12.9. The molecule has 4 amide bonds. The van der Waals surface area contributed by atoms with E-state index >= 15 is 0 Å². The van der Waals surface area contributed by atoms with E-state index in [1.165, 1.54) is 18.1 Å². The van der Waals surface area contributed by atoms with Gasteiger partial charge in [-0.25, -0.2) is 4.98 Å². The Morgan fingerprint density at radius 2 is 2.12 bits per heavy atom. The van der Waals surface area contributed by atoms with E-state index in [-0.39, 0.29) is 56.3 Å². The molecule has 4 unspecified atom stereocenters. The first-order chi connectivity index (χ1) is 18.9. The van der Waals surface area contributed by atoms with E-state index in [2.05, 4.69) is 10.3 Å². The van der Waals surface area contributed by atoms with Crippen molar-refractivity contribution in [3.63, 3.8) is 0 Å². The number of nitriles is 1. The van der Waals surface area contributed by atoms with Crippen LogP contribution < -0.4 is 21.1 Å². The Hall–Kier alpha value is -3.93. The number of nitrogens with zero attached hydrogens (tertiary/aromatic N) is 4. The van der Waals surface area contributed by atoms with Crippen LogP contribution in [0, 0.1) is 17.2 Å². The predicted octanol–water partition coefficient (Wildman–Crippen LogP) is 0.689. The van der Waals surface area contributed by atoms with Crippen LogP contribution in [0.1, 0.15) is 38.5 Å². The van der Waals surface area contributed by atoms with Gasteiger partial charge in [0.05, 0.1) is 12.6 Å². The minimum absolute atomic E-state index is 0.0697. The molecule has 0 bridgehead atoms. The molecule has 3 aliphatic rings. The number of carbonyl (C=O) groups excluding carboxylic acids is 4. The number of likely N-dealkylation sites (tertiary alicyclic amines) is 1. The first kappa shape index (κ1) is 29.1. The lowest BCUT2D eigenvalue weighted by molar-refractivity contribution is -0.175. The van der Waals surface area contributed by atoms with Crippen LogP contribution in [0.3, 0.4) is 0 Å². The van der Waals surface area contributed by atoms with Crippen LogP contribution in [0.4, 0.5) is 19.0 Å². The summed E-state index contributed by atoms with van der Waals surface area (Å²) in [6.07, 6.45) is -2.08. The summed E-state index contributed by atoms with van der Waals surface area (Å²) in [5.41, 5.74) is 3.91. The largest absolute Gasteiger partial charge is 0.472 e. The van der Waals surface area contributed by atoms with E-state index in [4.69, 9.17) is 10.5 Å². The third kappa shape index (κ3) is 5.96. The van der Waals surface area contributed by atoms with Gasteiger partial charge in [0.15, 0.2) is 11.6 Å². The maximum absolute atomic E-state index is 13.9. The van der Waals surface area contributed by atoms with Crippen molar-refractivity contribution in [2.75, 3.05) is 25.5 Å². The van der Waals surface area contributed by atoms with Crippen molar-refractivity contribution in [2.24, 2.45) is 11.7 Å².